The van der Waals surface area contributed by atoms with Gasteiger partial charge in [0.25, 0.3) is 0 Å². The number of nitrogens with zero attached hydrogens (tertiary/aromatic N) is 2. The molecule has 0 atom stereocenters. The molecule has 2 fully saturated rings. The Morgan fingerprint density at radius 2 is 1.76 bits per heavy atom. The summed E-state index contributed by atoms with van der Waals surface area (Å²) in [5.41, 5.74) is 5.52. The van der Waals surface area contributed by atoms with E-state index < -0.39 is 15.6 Å². The van der Waals surface area contributed by atoms with Crippen molar-refractivity contribution < 1.29 is 13.2 Å². The Hall–Kier alpha value is -0.900. The number of sulfonamides is 1. The van der Waals surface area contributed by atoms with Crippen molar-refractivity contribution in [3.8, 4) is 0 Å². The SMILES string of the molecule is CN1CCN(S(=O)(=O)c2cccc(NC(=O)C3(N)CC3)c2)CC1.Cl.Cl. The maximum absolute atomic E-state index is 12.7. The van der Waals surface area contributed by atoms with E-state index in [1.165, 1.54) is 10.4 Å². The first kappa shape index (κ1) is 22.1. The lowest BCUT2D eigenvalue weighted by atomic mass is 10.2. The standard InChI is InChI=1S/C15H22N4O3S.2ClH/c1-18-7-9-19(10-8-18)23(21,22)13-4-2-3-12(11-13)17-14(20)15(16)5-6-15;;/h2-4,11H,5-10,16H2,1H3,(H,17,20);2*1H. The Morgan fingerprint density at radius 3 is 2.32 bits per heavy atom. The minimum atomic E-state index is -3.54. The first-order valence-corrected chi connectivity index (χ1v) is 9.14. The lowest BCUT2D eigenvalue weighted by Gasteiger charge is -2.31. The lowest BCUT2D eigenvalue weighted by molar-refractivity contribution is -0.118. The normalized spacial score (nSPS) is 20.1. The van der Waals surface area contributed by atoms with E-state index in [4.69, 9.17) is 5.73 Å². The van der Waals surface area contributed by atoms with Crippen LogP contribution in [0.15, 0.2) is 29.2 Å². The number of nitrogens with one attached hydrogen (secondary N) is 1. The molecule has 1 saturated heterocycles. The van der Waals surface area contributed by atoms with Crippen LogP contribution >= 0.6 is 24.8 Å². The maximum Gasteiger partial charge on any atom is 0.244 e. The van der Waals surface area contributed by atoms with Gasteiger partial charge in [0.15, 0.2) is 0 Å². The van der Waals surface area contributed by atoms with Crippen molar-refractivity contribution in [3.05, 3.63) is 24.3 Å². The minimum Gasteiger partial charge on any atom is -0.324 e. The van der Waals surface area contributed by atoms with Crippen LogP contribution in [0.3, 0.4) is 0 Å². The zero-order valence-electron chi connectivity index (χ0n) is 14.0. The molecule has 1 amide bonds. The third-order valence-electron chi connectivity index (χ3n) is 4.43. The summed E-state index contributed by atoms with van der Waals surface area (Å²) in [5.74, 6) is -0.258. The van der Waals surface area contributed by atoms with Crippen LogP contribution in [-0.2, 0) is 14.8 Å². The Bertz CT molecular complexity index is 717. The largest absolute Gasteiger partial charge is 0.324 e. The summed E-state index contributed by atoms with van der Waals surface area (Å²) in [6, 6.07) is 6.36. The molecule has 1 saturated carbocycles. The van der Waals surface area contributed by atoms with Crippen LogP contribution in [0.4, 0.5) is 5.69 Å². The van der Waals surface area contributed by atoms with E-state index >= 15 is 0 Å². The molecule has 3 rings (SSSR count). The highest BCUT2D eigenvalue weighted by molar-refractivity contribution is 7.89. The topological polar surface area (TPSA) is 95.7 Å². The summed E-state index contributed by atoms with van der Waals surface area (Å²) in [5, 5.41) is 2.71. The molecule has 0 radical (unpaired) electrons. The van der Waals surface area contributed by atoms with Gasteiger partial charge in [-0.05, 0) is 38.1 Å². The Morgan fingerprint density at radius 1 is 1.16 bits per heavy atom. The van der Waals surface area contributed by atoms with Crippen LogP contribution < -0.4 is 11.1 Å². The van der Waals surface area contributed by atoms with Crippen molar-refractivity contribution >= 4 is 46.4 Å². The summed E-state index contributed by atoms with van der Waals surface area (Å²) >= 11 is 0. The molecular formula is C15H24Cl2N4O3S. The maximum atomic E-state index is 12.7. The van der Waals surface area contributed by atoms with Gasteiger partial charge < -0.3 is 16.0 Å². The van der Waals surface area contributed by atoms with Gasteiger partial charge in [0.2, 0.25) is 15.9 Å². The monoisotopic (exact) mass is 410 g/mol. The van der Waals surface area contributed by atoms with E-state index in [-0.39, 0.29) is 35.6 Å². The summed E-state index contributed by atoms with van der Waals surface area (Å²) in [6.45, 7) is 2.37. The van der Waals surface area contributed by atoms with Crippen LogP contribution in [-0.4, -0.2) is 62.3 Å². The summed E-state index contributed by atoms with van der Waals surface area (Å²) in [6.07, 6.45) is 1.33. The second kappa shape index (κ2) is 8.20. The number of halogens is 2. The second-order valence-corrected chi connectivity index (χ2v) is 8.28. The van der Waals surface area contributed by atoms with Gasteiger partial charge in [0, 0.05) is 31.9 Å². The smallest absolute Gasteiger partial charge is 0.244 e. The quantitative estimate of drug-likeness (QED) is 0.768. The molecular weight excluding hydrogens is 387 g/mol. The van der Waals surface area contributed by atoms with E-state index in [1.54, 1.807) is 18.2 Å². The summed E-state index contributed by atoms with van der Waals surface area (Å²) < 4.78 is 26.9. The van der Waals surface area contributed by atoms with Gasteiger partial charge in [-0.1, -0.05) is 6.07 Å². The zero-order valence-corrected chi connectivity index (χ0v) is 16.4. The predicted molar refractivity (Wildman–Crippen MR) is 102 cm³/mol. The first-order chi connectivity index (χ1) is 10.8. The van der Waals surface area contributed by atoms with E-state index in [1.807, 2.05) is 7.05 Å². The molecule has 2 aliphatic rings. The number of carbonyl (C=O) groups excluding carboxylic acids is 1. The number of hydrogen-bond donors (Lipinski definition) is 2. The van der Waals surface area contributed by atoms with Crippen molar-refractivity contribution in [1.82, 2.24) is 9.21 Å². The average Bonchev–Trinajstić information content (AvgIpc) is 3.27. The van der Waals surface area contributed by atoms with Crippen LogP contribution in [0, 0.1) is 0 Å². The minimum absolute atomic E-state index is 0. The average molecular weight is 411 g/mol. The van der Waals surface area contributed by atoms with Crippen molar-refractivity contribution in [3.63, 3.8) is 0 Å². The van der Waals surface area contributed by atoms with Gasteiger partial charge in [0.1, 0.15) is 0 Å². The van der Waals surface area contributed by atoms with Crippen LogP contribution in [0.25, 0.3) is 0 Å². The predicted octanol–water partition coefficient (Wildman–Crippen LogP) is 0.896. The highest BCUT2D eigenvalue weighted by Crippen LogP contribution is 2.33. The number of rotatable bonds is 4. The van der Waals surface area contributed by atoms with Gasteiger partial charge in [-0.3, -0.25) is 4.79 Å². The van der Waals surface area contributed by atoms with Crippen molar-refractivity contribution in [2.24, 2.45) is 5.73 Å². The van der Waals surface area contributed by atoms with E-state index in [9.17, 15) is 13.2 Å². The molecule has 0 unspecified atom stereocenters. The van der Waals surface area contributed by atoms with Crippen molar-refractivity contribution in [2.75, 3.05) is 38.5 Å². The zero-order chi connectivity index (χ0) is 16.7. The molecule has 1 aliphatic carbocycles. The molecule has 3 N–H and O–H groups in total. The third-order valence-corrected chi connectivity index (χ3v) is 6.33. The molecule has 25 heavy (non-hydrogen) atoms. The molecule has 0 aromatic heterocycles. The number of benzene rings is 1. The number of nitrogens with two attached hydrogens (primary N) is 1. The molecule has 0 bridgehead atoms. The van der Waals surface area contributed by atoms with Gasteiger partial charge in [-0.2, -0.15) is 4.31 Å². The fraction of sp³-hybridized carbons (Fsp3) is 0.533. The first-order valence-electron chi connectivity index (χ1n) is 7.70. The molecule has 1 aromatic carbocycles. The number of piperazine rings is 1. The Labute approximate surface area is 160 Å². The summed E-state index contributed by atoms with van der Waals surface area (Å²) in [4.78, 5) is 14.3. The van der Waals surface area contributed by atoms with E-state index in [2.05, 4.69) is 10.2 Å². The number of amides is 1. The number of hydrogen-bond acceptors (Lipinski definition) is 5. The summed E-state index contributed by atoms with van der Waals surface area (Å²) in [7, 11) is -1.57. The molecule has 1 aliphatic heterocycles. The van der Waals surface area contributed by atoms with Gasteiger partial charge in [0.05, 0.1) is 10.4 Å². The van der Waals surface area contributed by atoms with Crippen LogP contribution in [0.5, 0.6) is 0 Å². The van der Waals surface area contributed by atoms with Gasteiger partial charge in [-0.25, -0.2) is 8.42 Å². The highest BCUT2D eigenvalue weighted by atomic mass is 35.5. The van der Waals surface area contributed by atoms with Crippen LogP contribution in [0.2, 0.25) is 0 Å². The van der Waals surface area contributed by atoms with Crippen LogP contribution in [0.1, 0.15) is 12.8 Å². The Balaban J connectivity index is 0.00000156. The fourth-order valence-electron chi connectivity index (χ4n) is 2.53. The molecule has 1 aromatic rings. The van der Waals surface area contributed by atoms with Crippen molar-refractivity contribution in [1.29, 1.82) is 0 Å². The van der Waals surface area contributed by atoms with Gasteiger partial charge >= 0.3 is 0 Å². The second-order valence-electron chi connectivity index (χ2n) is 6.35. The van der Waals surface area contributed by atoms with E-state index in [0.717, 1.165) is 0 Å². The number of carbonyl (C=O) groups is 1. The molecule has 7 nitrogen and oxygen atoms in total. The van der Waals surface area contributed by atoms with E-state index in [0.29, 0.717) is 44.7 Å². The Kier molecular flexibility index (Phi) is 7.26. The molecule has 142 valence electrons. The molecule has 10 heteroatoms. The van der Waals surface area contributed by atoms with Gasteiger partial charge in [-0.15, -0.1) is 24.8 Å². The molecule has 0 spiro atoms. The third kappa shape index (κ3) is 4.84. The van der Waals surface area contributed by atoms with Crippen molar-refractivity contribution in [2.45, 2.75) is 23.3 Å². The fourth-order valence-corrected chi connectivity index (χ4v) is 4.00. The lowest BCUT2D eigenvalue weighted by Crippen LogP contribution is -2.47. The highest BCUT2D eigenvalue weighted by Gasteiger charge is 2.46. The molecule has 1 heterocycles. The number of anilines is 1. The number of likely N-dealkylation sites (N-methyl/N-ethyl adjacent to an activating group) is 1.